The van der Waals surface area contributed by atoms with Crippen molar-refractivity contribution in [3.8, 4) is 0 Å². The van der Waals surface area contributed by atoms with E-state index in [1.165, 1.54) is 0 Å². The largest absolute Gasteiger partial charge is 0.410 e. The van der Waals surface area contributed by atoms with E-state index in [1.54, 1.807) is 6.07 Å². The number of rotatable bonds is 2. The van der Waals surface area contributed by atoms with E-state index < -0.39 is 11.0 Å². The fourth-order valence-corrected chi connectivity index (χ4v) is 1.33. The van der Waals surface area contributed by atoms with Gasteiger partial charge in [0.15, 0.2) is 0 Å². The van der Waals surface area contributed by atoms with Gasteiger partial charge in [0.25, 0.3) is 0 Å². The summed E-state index contributed by atoms with van der Waals surface area (Å²) in [6.07, 6.45) is 0. The van der Waals surface area contributed by atoms with Gasteiger partial charge in [0.1, 0.15) is 0 Å². The van der Waals surface area contributed by atoms with E-state index in [0.29, 0.717) is 5.56 Å². The summed E-state index contributed by atoms with van der Waals surface area (Å²) in [6.45, 7) is 3.74. The standard InChI is InChI=1S/C10H10ClNO2/c1-6-3-4-8(7(2)5-6)9(13)10(11)12-14/h3-5,14H,1-2H3. The molecule has 0 unspecified atom stereocenters. The first kappa shape index (κ1) is 10.7. The highest BCUT2D eigenvalue weighted by Crippen LogP contribution is 2.12. The molecule has 0 fully saturated rings. The van der Waals surface area contributed by atoms with E-state index in [0.717, 1.165) is 11.1 Å². The van der Waals surface area contributed by atoms with Gasteiger partial charge in [-0.1, -0.05) is 40.5 Å². The first-order chi connectivity index (χ1) is 6.56. The molecule has 0 saturated heterocycles. The molecule has 0 spiro atoms. The molecule has 1 aromatic carbocycles. The number of Topliss-reactive ketones (excluding diaryl/α,β-unsaturated/α-hetero) is 1. The fraction of sp³-hybridized carbons (Fsp3) is 0.200. The number of ketones is 1. The number of hydrogen-bond acceptors (Lipinski definition) is 3. The molecule has 1 aromatic rings. The highest BCUT2D eigenvalue weighted by Gasteiger charge is 2.14. The van der Waals surface area contributed by atoms with Crippen LogP contribution in [0, 0.1) is 13.8 Å². The minimum absolute atomic E-state index is 0.419. The van der Waals surface area contributed by atoms with Crippen LogP contribution in [0.15, 0.2) is 23.4 Å². The second-order valence-electron chi connectivity index (χ2n) is 3.04. The second kappa shape index (κ2) is 4.24. The second-order valence-corrected chi connectivity index (χ2v) is 3.40. The lowest BCUT2D eigenvalue weighted by Gasteiger charge is -2.03. The lowest BCUT2D eigenvalue weighted by Crippen LogP contribution is -2.09. The summed E-state index contributed by atoms with van der Waals surface area (Å²) in [4.78, 5) is 11.5. The number of benzene rings is 1. The van der Waals surface area contributed by atoms with Gasteiger partial charge in [0.2, 0.25) is 11.0 Å². The van der Waals surface area contributed by atoms with Crippen LogP contribution in [0.25, 0.3) is 0 Å². The molecule has 1 rings (SSSR count). The summed E-state index contributed by atoms with van der Waals surface area (Å²) in [5, 5.41) is 10.6. The van der Waals surface area contributed by atoms with Gasteiger partial charge in [-0.3, -0.25) is 4.79 Å². The van der Waals surface area contributed by atoms with Gasteiger partial charge in [0.05, 0.1) is 0 Å². The predicted molar refractivity (Wildman–Crippen MR) is 55.3 cm³/mol. The van der Waals surface area contributed by atoms with E-state index in [4.69, 9.17) is 16.8 Å². The summed E-state index contributed by atoms with van der Waals surface area (Å²) in [6, 6.07) is 5.34. The maximum absolute atomic E-state index is 11.5. The molecule has 4 heteroatoms. The zero-order valence-corrected chi connectivity index (χ0v) is 8.67. The molecule has 74 valence electrons. The molecule has 3 nitrogen and oxygen atoms in total. The van der Waals surface area contributed by atoms with Crippen LogP contribution in [0.1, 0.15) is 21.5 Å². The Morgan fingerprint density at radius 2 is 2.07 bits per heavy atom. The van der Waals surface area contributed by atoms with Crippen LogP contribution in [0.2, 0.25) is 0 Å². The van der Waals surface area contributed by atoms with Crippen molar-refractivity contribution >= 4 is 22.6 Å². The van der Waals surface area contributed by atoms with Crippen molar-refractivity contribution in [3.63, 3.8) is 0 Å². The van der Waals surface area contributed by atoms with Gasteiger partial charge in [-0.05, 0) is 19.4 Å². The van der Waals surface area contributed by atoms with Crippen molar-refractivity contribution < 1.29 is 10.0 Å². The third-order valence-corrected chi connectivity index (χ3v) is 2.15. The number of oxime groups is 1. The van der Waals surface area contributed by atoms with Crippen LogP contribution in [-0.2, 0) is 0 Å². The molecule has 14 heavy (non-hydrogen) atoms. The minimum Gasteiger partial charge on any atom is -0.410 e. The Morgan fingerprint density at radius 1 is 1.43 bits per heavy atom. The Morgan fingerprint density at radius 3 is 2.57 bits per heavy atom. The quantitative estimate of drug-likeness (QED) is 0.354. The maximum atomic E-state index is 11.5. The van der Waals surface area contributed by atoms with Crippen molar-refractivity contribution in [2.75, 3.05) is 0 Å². The molecular formula is C10H10ClNO2. The Balaban J connectivity index is 3.14. The summed E-state index contributed by atoms with van der Waals surface area (Å²) < 4.78 is 0. The summed E-state index contributed by atoms with van der Waals surface area (Å²) >= 11 is 5.41. The van der Waals surface area contributed by atoms with E-state index in [2.05, 4.69) is 5.16 Å². The molecule has 0 saturated carbocycles. The Kier molecular flexibility index (Phi) is 3.25. The summed E-state index contributed by atoms with van der Waals surface area (Å²) in [7, 11) is 0. The van der Waals surface area contributed by atoms with Crippen LogP contribution >= 0.6 is 11.6 Å². The van der Waals surface area contributed by atoms with E-state index in [9.17, 15) is 4.79 Å². The number of carbonyl (C=O) groups is 1. The van der Waals surface area contributed by atoms with Gasteiger partial charge in [-0.2, -0.15) is 0 Å². The SMILES string of the molecule is Cc1ccc(C(=O)C(Cl)=NO)c(C)c1. The van der Waals surface area contributed by atoms with Crippen molar-refractivity contribution in [2.24, 2.45) is 5.16 Å². The Labute approximate surface area is 87.0 Å². The predicted octanol–water partition coefficient (Wildman–Crippen LogP) is 2.51. The maximum Gasteiger partial charge on any atom is 0.226 e. The Hall–Kier alpha value is -1.35. The highest BCUT2D eigenvalue weighted by atomic mass is 35.5. The van der Waals surface area contributed by atoms with Crippen LogP contribution in [-0.4, -0.2) is 16.2 Å². The number of carbonyl (C=O) groups excluding carboxylic acids is 1. The molecule has 0 aliphatic heterocycles. The lowest BCUT2D eigenvalue weighted by molar-refractivity contribution is 0.106. The number of halogens is 1. The smallest absolute Gasteiger partial charge is 0.226 e. The molecular weight excluding hydrogens is 202 g/mol. The van der Waals surface area contributed by atoms with Crippen molar-refractivity contribution in [2.45, 2.75) is 13.8 Å². The van der Waals surface area contributed by atoms with Crippen molar-refractivity contribution in [3.05, 3.63) is 34.9 Å². The van der Waals surface area contributed by atoms with Crippen LogP contribution in [0.3, 0.4) is 0 Å². The third-order valence-electron chi connectivity index (χ3n) is 1.90. The molecule has 1 N–H and O–H groups in total. The van der Waals surface area contributed by atoms with Crippen molar-refractivity contribution in [1.82, 2.24) is 0 Å². The summed E-state index contributed by atoms with van der Waals surface area (Å²) in [5.41, 5.74) is 2.34. The minimum atomic E-state index is -0.466. The van der Waals surface area contributed by atoms with Crippen LogP contribution in [0.4, 0.5) is 0 Å². The first-order valence-electron chi connectivity index (χ1n) is 4.05. The van der Waals surface area contributed by atoms with Crippen LogP contribution < -0.4 is 0 Å². The number of hydrogen-bond donors (Lipinski definition) is 1. The normalized spacial score (nSPS) is 11.5. The third kappa shape index (κ3) is 2.12. The molecule has 0 atom stereocenters. The van der Waals surface area contributed by atoms with Gasteiger partial charge >= 0.3 is 0 Å². The van der Waals surface area contributed by atoms with Gasteiger partial charge in [-0.15, -0.1) is 0 Å². The average molecular weight is 212 g/mol. The summed E-state index contributed by atoms with van der Waals surface area (Å²) in [5.74, 6) is -0.466. The lowest BCUT2D eigenvalue weighted by atomic mass is 10.0. The molecule has 0 heterocycles. The first-order valence-corrected chi connectivity index (χ1v) is 4.43. The molecule has 0 aliphatic carbocycles. The molecule has 0 aliphatic rings. The van der Waals surface area contributed by atoms with Crippen molar-refractivity contribution in [1.29, 1.82) is 0 Å². The van der Waals surface area contributed by atoms with E-state index >= 15 is 0 Å². The molecule has 0 bridgehead atoms. The van der Waals surface area contributed by atoms with E-state index in [1.807, 2.05) is 26.0 Å². The number of nitrogens with zero attached hydrogens (tertiary/aromatic N) is 1. The van der Waals surface area contributed by atoms with E-state index in [-0.39, 0.29) is 0 Å². The molecule has 0 aromatic heterocycles. The monoisotopic (exact) mass is 211 g/mol. The number of aryl methyl sites for hydroxylation is 2. The van der Waals surface area contributed by atoms with Crippen LogP contribution in [0.5, 0.6) is 0 Å². The fourth-order valence-electron chi connectivity index (χ4n) is 1.22. The molecule has 0 amide bonds. The zero-order valence-electron chi connectivity index (χ0n) is 7.91. The van der Waals surface area contributed by atoms with Gasteiger partial charge < -0.3 is 5.21 Å². The van der Waals surface area contributed by atoms with Gasteiger partial charge in [-0.25, -0.2) is 0 Å². The molecule has 0 radical (unpaired) electrons. The zero-order chi connectivity index (χ0) is 10.7. The Bertz CT molecular complexity index is 399. The highest BCUT2D eigenvalue weighted by molar-refractivity contribution is 6.84. The average Bonchev–Trinajstić information content (AvgIpc) is 2.15. The topological polar surface area (TPSA) is 49.7 Å². The van der Waals surface area contributed by atoms with Gasteiger partial charge in [0, 0.05) is 5.56 Å².